The molecule has 1 aromatic rings. The molecule has 0 bridgehead atoms. The predicted octanol–water partition coefficient (Wildman–Crippen LogP) is 1.38. The predicted molar refractivity (Wildman–Crippen MR) is 95.1 cm³/mol. The van der Waals surface area contributed by atoms with Crippen LogP contribution in [0.1, 0.15) is 43.5 Å². The minimum absolute atomic E-state index is 0.135. The van der Waals surface area contributed by atoms with Crippen LogP contribution >= 0.6 is 0 Å². The van der Waals surface area contributed by atoms with Crippen LogP contribution in [0.25, 0.3) is 0 Å². The number of piperidine rings is 1. The summed E-state index contributed by atoms with van der Waals surface area (Å²) in [5.74, 6) is 0.417. The molecule has 0 N–H and O–H groups in total. The zero-order valence-electron chi connectivity index (χ0n) is 15.3. The fourth-order valence-corrected chi connectivity index (χ4v) is 4.53. The number of carbonyl (C=O) groups excluding carboxylic acids is 1. The van der Waals surface area contributed by atoms with Gasteiger partial charge in [0.05, 0.1) is 12.2 Å². The molecule has 0 atom stereocenters. The number of fused-ring (bicyclic) bond motifs is 1. The van der Waals surface area contributed by atoms with Crippen molar-refractivity contribution in [2.75, 3.05) is 32.8 Å². The fourth-order valence-electron chi connectivity index (χ4n) is 4.53. The van der Waals surface area contributed by atoms with Crippen molar-refractivity contribution in [3.63, 3.8) is 0 Å². The molecule has 26 heavy (non-hydrogen) atoms. The zero-order chi connectivity index (χ0) is 17.9. The normalized spacial score (nSPS) is 23.3. The lowest BCUT2D eigenvalue weighted by atomic mass is 9.93. The molecule has 1 amide bonds. The van der Waals surface area contributed by atoms with Gasteiger partial charge in [0.2, 0.25) is 5.91 Å². The van der Waals surface area contributed by atoms with Crippen LogP contribution in [0.15, 0.2) is 6.07 Å². The van der Waals surface area contributed by atoms with E-state index in [0.29, 0.717) is 18.3 Å². The quantitative estimate of drug-likeness (QED) is 0.799. The summed E-state index contributed by atoms with van der Waals surface area (Å²) in [5, 5.41) is 13.3. The SMILES string of the molecule is N#Cc1cc2n(n1)CCCN(C(=O)C1CCN(C3CCOCC3)CC1)C2. The molecular weight excluding hydrogens is 330 g/mol. The number of aromatic nitrogens is 2. The first kappa shape index (κ1) is 17.5. The Kier molecular flexibility index (Phi) is 5.23. The van der Waals surface area contributed by atoms with Crippen LogP contribution in [0.4, 0.5) is 0 Å². The van der Waals surface area contributed by atoms with E-state index in [-0.39, 0.29) is 11.8 Å². The van der Waals surface area contributed by atoms with E-state index in [1.807, 2.05) is 15.6 Å². The second-order valence-electron chi connectivity index (χ2n) is 7.62. The van der Waals surface area contributed by atoms with Gasteiger partial charge in [0.1, 0.15) is 6.07 Å². The van der Waals surface area contributed by atoms with Gasteiger partial charge in [-0.3, -0.25) is 9.48 Å². The molecule has 0 saturated carbocycles. The Morgan fingerprint density at radius 2 is 1.92 bits per heavy atom. The molecule has 0 aromatic carbocycles. The second-order valence-corrected chi connectivity index (χ2v) is 7.62. The Bertz CT molecular complexity index is 681. The molecule has 2 saturated heterocycles. The first-order chi connectivity index (χ1) is 12.7. The molecule has 0 unspecified atom stereocenters. The number of nitrogens with zero attached hydrogens (tertiary/aromatic N) is 5. The Labute approximate surface area is 154 Å². The number of hydrogen-bond donors (Lipinski definition) is 0. The first-order valence-corrected chi connectivity index (χ1v) is 9.82. The van der Waals surface area contributed by atoms with Gasteiger partial charge >= 0.3 is 0 Å². The molecule has 0 radical (unpaired) electrons. The minimum atomic E-state index is 0.135. The largest absolute Gasteiger partial charge is 0.381 e. The monoisotopic (exact) mass is 357 g/mol. The van der Waals surface area contributed by atoms with Gasteiger partial charge in [-0.05, 0) is 51.3 Å². The molecule has 140 valence electrons. The number of rotatable bonds is 2. The number of nitriles is 1. The number of ether oxygens (including phenoxy) is 1. The van der Waals surface area contributed by atoms with Crippen LogP contribution in [-0.2, 0) is 22.6 Å². The molecular formula is C19H27N5O2. The van der Waals surface area contributed by atoms with Crippen molar-refractivity contribution < 1.29 is 9.53 Å². The van der Waals surface area contributed by atoms with Crippen molar-refractivity contribution in [1.82, 2.24) is 19.6 Å². The maximum Gasteiger partial charge on any atom is 0.226 e. The van der Waals surface area contributed by atoms with Crippen molar-refractivity contribution in [3.05, 3.63) is 17.5 Å². The molecule has 3 aliphatic rings. The van der Waals surface area contributed by atoms with Crippen molar-refractivity contribution in [2.45, 2.75) is 51.2 Å². The smallest absolute Gasteiger partial charge is 0.226 e. The summed E-state index contributed by atoms with van der Waals surface area (Å²) in [6, 6.07) is 4.55. The van der Waals surface area contributed by atoms with E-state index < -0.39 is 0 Å². The molecule has 4 heterocycles. The van der Waals surface area contributed by atoms with E-state index in [2.05, 4.69) is 16.1 Å². The lowest BCUT2D eigenvalue weighted by Gasteiger charge is -2.39. The van der Waals surface area contributed by atoms with E-state index in [0.717, 1.165) is 77.2 Å². The van der Waals surface area contributed by atoms with Gasteiger partial charge in [0.15, 0.2) is 5.69 Å². The summed E-state index contributed by atoms with van der Waals surface area (Å²) >= 11 is 0. The summed E-state index contributed by atoms with van der Waals surface area (Å²) < 4.78 is 7.35. The Balaban J connectivity index is 1.35. The third-order valence-electron chi connectivity index (χ3n) is 6.03. The molecule has 2 fully saturated rings. The van der Waals surface area contributed by atoms with Crippen molar-refractivity contribution in [2.24, 2.45) is 5.92 Å². The summed E-state index contributed by atoms with van der Waals surface area (Å²) in [6.07, 6.45) is 5.04. The highest BCUT2D eigenvalue weighted by Gasteiger charge is 2.32. The summed E-state index contributed by atoms with van der Waals surface area (Å²) in [4.78, 5) is 17.6. The molecule has 7 nitrogen and oxygen atoms in total. The number of hydrogen-bond acceptors (Lipinski definition) is 5. The second kappa shape index (κ2) is 7.77. The van der Waals surface area contributed by atoms with E-state index in [4.69, 9.17) is 10.00 Å². The van der Waals surface area contributed by atoms with E-state index >= 15 is 0 Å². The maximum atomic E-state index is 13.1. The van der Waals surface area contributed by atoms with Gasteiger partial charge in [0, 0.05) is 38.3 Å². The number of likely N-dealkylation sites (tertiary alicyclic amines) is 1. The van der Waals surface area contributed by atoms with Crippen LogP contribution in [0, 0.1) is 17.2 Å². The van der Waals surface area contributed by atoms with Crippen LogP contribution in [-0.4, -0.2) is 64.4 Å². The topological polar surface area (TPSA) is 74.4 Å². The minimum Gasteiger partial charge on any atom is -0.381 e. The van der Waals surface area contributed by atoms with E-state index in [9.17, 15) is 4.79 Å². The van der Waals surface area contributed by atoms with E-state index in [1.165, 1.54) is 0 Å². The number of amides is 1. The average molecular weight is 357 g/mol. The van der Waals surface area contributed by atoms with Crippen LogP contribution in [0.2, 0.25) is 0 Å². The van der Waals surface area contributed by atoms with Gasteiger partial charge < -0.3 is 14.5 Å². The Morgan fingerprint density at radius 1 is 1.15 bits per heavy atom. The fraction of sp³-hybridized carbons (Fsp3) is 0.737. The summed E-state index contributed by atoms with van der Waals surface area (Å²) in [7, 11) is 0. The number of aryl methyl sites for hydroxylation is 1. The number of carbonyl (C=O) groups is 1. The highest BCUT2D eigenvalue weighted by molar-refractivity contribution is 5.79. The molecule has 0 spiro atoms. The summed E-state index contributed by atoms with van der Waals surface area (Å²) in [6.45, 7) is 5.92. The van der Waals surface area contributed by atoms with Gasteiger partial charge in [-0.25, -0.2) is 0 Å². The molecule has 0 aliphatic carbocycles. The van der Waals surface area contributed by atoms with Crippen molar-refractivity contribution >= 4 is 5.91 Å². The van der Waals surface area contributed by atoms with Gasteiger partial charge in [-0.2, -0.15) is 10.4 Å². The third-order valence-corrected chi connectivity index (χ3v) is 6.03. The van der Waals surface area contributed by atoms with Crippen molar-refractivity contribution in [3.8, 4) is 6.07 Å². The van der Waals surface area contributed by atoms with Crippen LogP contribution in [0.5, 0.6) is 0 Å². The van der Waals surface area contributed by atoms with Crippen LogP contribution < -0.4 is 0 Å². The molecule has 1 aromatic heterocycles. The lowest BCUT2D eigenvalue weighted by Crippen LogP contribution is -2.47. The molecule has 3 aliphatic heterocycles. The van der Waals surface area contributed by atoms with E-state index in [1.54, 1.807) is 0 Å². The van der Waals surface area contributed by atoms with Crippen LogP contribution in [0.3, 0.4) is 0 Å². The van der Waals surface area contributed by atoms with Crippen molar-refractivity contribution in [1.29, 1.82) is 5.26 Å². The highest BCUT2D eigenvalue weighted by atomic mass is 16.5. The zero-order valence-corrected chi connectivity index (χ0v) is 15.3. The Morgan fingerprint density at radius 3 is 2.65 bits per heavy atom. The standard InChI is InChI=1S/C19H27N5O2/c20-13-16-12-18-14-23(6-1-7-24(18)21-16)19(25)15-2-8-22(9-3-15)17-4-10-26-11-5-17/h12,15,17H,1-11,14H2. The van der Waals surface area contributed by atoms with Gasteiger partial charge in [-0.15, -0.1) is 0 Å². The maximum absolute atomic E-state index is 13.1. The molecule has 4 rings (SSSR count). The summed E-state index contributed by atoms with van der Waals surface area (Å²) in [5.41, 5.74) is 1.42. The third kappa shape index (κ3) is 3.62. The van der Waals surface area contributed by atoms with Gasteiger partial charge in [-0.1, -0.05) is 0 Å². The lowest BCUT2D eigenvalue weighted by molar-refractivity contribution is -0.138. The van der Waals surface area contributed by atoms with Gasteiger partial charge in [0.25, 0.3) is 0 Å². The first-order valence-electron chi connectivity index (χ1n) is 9.82. The highest BCUT2D eigenvalue weighted by Crippen LogP contribution is 2.26. The average Bonchev–Trinajstić information content (AvgIpc) is 2.99. The molecule has 7 heteroatoms. The Hall–Kier alpha value is -1.91.